The van der Waals surface area contributed by atoms with Crippen molar-refractivity contribution in [2.24, 2.45) is 0 Å². The Bertz CT molecular complexity index is 582. The van der Waals surface area contributed by atoms with Gasteiger partial charge in [-0.05, 0) is 24.6 Å². The van der Waals surface area contributed by atoms with Crippen LogP contribution in [0.3, 0.4) is 0 Å². The fourth-order valence-electron chi connectivity index (χ4n) is 1.70. The second-order valence-electron chi connectivity index (χ2n) is 4.17. The number of nitrogens with two attached hydrogens (primary N) is 1. The van der Waals surface area contributed by atoms with Gasteiger partial charge in [-0.15, -0.1) is 0 Å². The standard InChI is InChI=1S/C15H16N2O2/c1-2-7-19-12-8-11(9-17-10-12)15(18)13-5-3-4-6-14(13)16/h3-6,8-10H,2,7,16H2,1H3. The number of nitrogen functional groups attached to an aromatic ring is 1. The van der Waals surface area contributed by atoms with Crippen LogP contribution in [0, 0.1) is 0 Å². The van der Waals surface area contributed by atoms with Crippen LogP contribution in [0.1, 0.15) is 29.3 Å². The molecule has 1 heterocycles. The molecule has 0 spiro atoms. The van der Waals surface area contributed by atoms with Crippen molar-refractivity contribution in [3.8, 4) is 5.75 Å². The largest absolute Gasteiger partial charge is 0.492 e. The first-order chi connectivity index (χ1) is 9.22. The topological polar surface area (TPSA) is 65.2 Å². The van der Waals surface area contributed by atoms with Gasteiger partial charge in [0.05, 0.1) is 12.8 Å². The predicted octanol–water partition coefficient (Wildman–Crippen LogP) is 2.68. The van der Waals surface area contributed by atoms with Gasteiger partial charge in [0, 0.05) is 23.0 Å². The molecular weight excluding hydrogens is 240 g/mol. The third kappa shape index (κ3) is 3.10. The lowest BCUT2D eigenvalue weighted by atomic mass is 10.0. The molecule has 0 unspecified atom stereocenters. The van der Waals surface area contributed by atoms with Crippen LogP contribution >= 0.6 is 0 Å². The zero-order valence-corrected chi connectivity index (χ0v) is 10.8. The van der Waals surface area contributed by atoms with E-state index in [4.69, 9.17) is 10.5 Å². The van der Waals surface area contributed by atoms with Crippen LogP contribution in [0.2, 0.25) is 0 Å². The molecule has 2 aromatic rings. The fourth-order valence-corrected chi connectivity index (χ4v) is 1.70. The minimum atomic E-state index is -0.146. The van der Waals surface area contributed by atoms with E-state index in [1.54, 1.807) is 36.5 Å². The third-order valence-electron chi connectivity index (χ3n) is 2.65. The Balaban J connectivity index is 2.27. The number of hydrogen-bond acceptors (Lipinski definition) is 4. The monoisotopic (exact) mass is 256 g/mol. The van der Waals surface area contributed by atoms with Crippen LogP contribution in [-0.4, -0.2) is 17.4 Å². The Morgan fingerprint density at radius 2 is 2.11 bits per heavy atom. The first-order valence-electron chi connectivity index (χ1n) is 6.19. The van der Waals surface area contributed by atoms with Crippen LogP contribution < -0.4 is 10.5 Å². The summed E-state index contributed by atoms with van der Waals surface area (Å²) in [6, 6.07) is 8.69. The van der Waals surface area contributed by atoms with Gasteiger partial charge in [-0.1, -0.05) is 19.1 Å². The summed E-state index contributed by atoms with van der Waals surface area (Å²) in [5.74, 6) is 0.453. The van der Waals surface area contributed by atoms with Crippen molar-refractivity contribution in [3.63, 3.8) is 0 Å². The predicted molar refractivity (Wildman–Crippen MR) is 74.3 cm³/mol. The molecule has 0 aliphatic rings. The van der Waals surface area contributed by atoms with E-state index in [0.717, 1.165) is 6.42 Å². The quantitative estimate of drug-likeness (QED) is 0.659. The summed E-state index contributed by atoms with van der Waals surface area (Å²) in [4.78, 5) is 16.3. The molecular formula is C15H16N2O2. The highest BCUT2D eigenvalue weighted by atomic mass is 16.5. The summed E-state index contributed by atoms with van der Waals surface area (Å²) in [7, 11) is 0. The van der Waals surface area contributed by atoms with Crippen molar-refractivity contribution < 1.29 is 9.53 Å². The minimum absolute atomic E-state index is 0.146. The lowest BCUT2D eigenvalue weighted by Gasteiger charge is -2.07. The van der Waals surface area contributed by atoms with E-state index in [9.17, 15) is 4.79 Å². The van der Waals surface area contributed by atoms with Crippen LogP contribution in [0.15, 0.2) is 42.7 Å². The molecule has 0 atom stereocenters. The first-order valence-corrected chi connectivity index (χ1v) is 6.19. The summed E-state index contributed by atoms with van der Waals surface area (Å²) >= 11 is 0. The summed E-state index contributed by atoms with van der Waals surface area (Å²) in [6.07, 6.45) is 4.03. The number of carbonyl (C=O) groups is 1. The number of ether oxygens (including phenoxy) is 1. The lowest BCUT2D eigenvalue weighted by Crippen LogP contribution is -2.06. The van der Waals surface area contributed by atoms with Gasteiger partial charge in [-0.3, -0.25) is 9.78 Å². The molecule has 1 aromatic carbocycles. The highest BCUT2D eigenvalue weighted by molar-refractivity contribution is 6.12. The number of anilines is 1. The maximum absolute atomic E-state index is 12.3. The molecule has 4 heteroatoms. The summed E-state index contributed by atoms with van der Waals surface area (Å²) in [5, 5.41) is 0. The van der Waals surface area contributed by atoms with E-state index in [2.05, 4.69) is 4.98 Å². The molecule has 0 aliphatic carbocycles. The maximum Gasteiger partial charge on any atom is 0.196 e. The third-order valence-corrected chi connectivity index (χ3v) is 2.65. The lowest BCUT2D eigenvalue weighted by molar-refractivity contribution is 0.103. The number of nitrogens with zero attached hydrogens (tertiary/aromatic N) is 1. The van der Waals surface area contributed by atoms with E-state index in [1.165, 1.54) is 6.20 Å². The van der Waals surface area contributed by atoms with Gasteiger partial charge in [0.15, 0.2) is 5.78 Å². The van der Waals surface area contributed by atoms with E-state index < -0.39 is 0 Å². The Morgan fingerprint density at radius 3 is 2.84 bits per heavy atom. The number of para-hydroxylation sites is 1. The Morgan fingerprint density at radius 1 is 1.32 bits per heavy atom. The molecule has 0 bridgehead atoms. The van der Waals surface area contributed by atoms with Crippen molar-refractivity contribution >= 4 is 11.5 Å². The highest BCUT2D eigenvalue weighted by Crippen LogP contribution is 2.18. The molecule has 2 N–H and O–H groups in total. The van der Waals surface area contributed by atoms with Crippen LogP contribution in [-0.2, 0) is 0 Å². The molecule has 2 rings (SSSR count). The van der Waals surface area contributed by atoms with Crippen molar-refractivity contribution in [1.29, 1.82) is 0 Å². The van der Waals surface area contributed by atoms with Crippen LogP contribution in [0.5, 0.6) is 5.75 Å². The maximum atomic E-state index is 12.3. The number of hydrogen-bond donors (Lipinski definition) is 1. The van der Waals surface area contributed by atoms with Crippen LogP contribution in [0.4, 0.5) is 5.69 Å². The Hall–Kier alpha value is -2.36. The van der Waals surface area contributed by atoms with Gasteiger partial charge < -0.3 is 10.5 Å². The SMILES string of the molecule is CCCOc1cncc(C(=O)c2ccccc2N)c1. The van der Waals surface area contributed by atoms with Gasteiger partial charge >= 0.3 is 0 Å². The molecule has 0 fully saturated rings. The van der Waals surface area contributed by atoms with Crippen molar-refractivity contribution in [2.45, 2.75) is 13.3 Å². The average molecular weight is 256 g/mol. The van der Waals surface area contributed by atoms with E-state index >= 15 is 0 Å². The van der Waals surface area contributed by atoms with Gasteiger partial charge in [0.1, 0.15) is 5.75 Å². The molecule has 1 aromatic heterocycles. The minimum Gasteiger partial charge on any atom is -0.492 e. The van der Waals surface area contributed by atoms with Crippen molar-refractivity contribution in [1.82, 2.24) is 4.98 Å². The van der Waals surface area contributed by atoms with Gasteiger partial charge in [-0.2, -0.15) is 0 Å². The van der Waals surface area contributed by atoms with E-state index in [0.29, 0.717) is 29.2 Å². The smallest absolute Gasteiger partial charge is 0.196 e. The summed E-state index contributed by atoms with van der Waals surface area (Å²) in [6.45, 7) is 2.62. The van der Waals surface area contributed by atoms with Crippen LogP contribution in [0.25, 0.3) is 0 Å². The molecule has 0 aliphatic heterocycles. The number of ketones is 1. The fraction of sp³-hybridized carbons (Fsp3) is 0.200. The Labute approximate surface area is 112 Å². The van der Waals surface area contributed by atoms with Gasteiger partial charge in [0.2, 0.25) is 0 Å². The number of pyridine rings is 1. The average Bonchev–Trinajstić information content (AvgIpc) is 2.45. The van der Waals surface area contributed by atoms with Crippen molar-refractivity contribution in [2.75, 3.05) is 12.3 Å². The molecule has 0 saturated heterocycles. The number of rotatable bonds is 5. The van der Waals surface area contributed by atoms with Crippen molar-refractivity contribution in [3.05, 3.63) is 53.9 Å². The highest BCUT2D eigenvalue weighted by Gasteiger charge is 2.12. The van der Waals surface area contributed by atoms with Gasteiger partial charge in [0.25, 0.3) is 0 Å². The zero-order valence-electron chi connectivity index (χ0n) is 10.8. The van der Waals surface area contributed by atoms with E-state index in [1.807, 2.05) is 6.92 Å². The first kappa shape index (κ1) is 13.1. The zero-order chi connectivity index (χ0) is 13.7. The molecule has 19 heavy (non-hydrogen) atoms. The summed E-state index contributed by atoms with van der Waals surface area (Å²) in [5.41, 5.74) is 7.23. The molecule has 0 saturated carbocycles. The summed E-state index contributed by atoms with van der Waals surface area (Å²) < 4.78 is 5.47. The molecule has 0 amide bonds. The molecule has 98 valence electrons. The van der Waals surface area contributed by atoms with Gasteiger partial charge in [-0.25, -0.2) is 0 Å². The Kier molecular flexibility index (Phi) is 4.13. The second-order valence-corrected chi connectivity index (χ2v) is 4.17. The van der Waals surface area contributed by atoms with E-state index in [-0.39, 0.29) is 5.78 Å². The molecule has 0 radical (unpaired) electrons. The molecule has 4 nitrogen and oxygen atoms in total. The number of carbonyl (C=O) groups excluding carboxylic acids is 1. The number of aromatic nitrogens is 1. The number of benzene rings is 1. The normalized spacial score (nSPS) is 10.2. The second kappa shape index (κ2) is 6.00.